The molecular weight excluding hydrogens is 342 g/mol. The third kappa shape index (κ3) is 4.61. The van der Waals surface area contributed by atoms with E-state index in [-0.39, 0.29) is 5.75 Å². The van der Waals surface area contributed by atoms with Crippen LogP contribution in [0.25, 0.3) is 0 Å². The Labute approximate surface area is 160 Å². The maximum Gasteiger partial charge on any atom is 0.167 e. The van der Waals surface area contributed by atoms with Gasteiger partial charge in [-0.1, -0.05) is 36.8 Å². The van der Waals surface area contributed by atoms with Crippen molar-refractivity contribution in [1.82, 2.24) is 4.90 Å². The average molecular weight is 371 g/mol. The second-order valence-electron chi connectivity index (χ2n) is 7.50. The molecule has 1 fully saturated rings. The van der Waals surface area contributed by atoms with Crippen LogP contribution in [0.1, 0.15) is 30.9 Å². The predicted octanol–water partition coefficient (Wildman–Crippen LogP) is 2.86. The smallest absolute Gasteiger partial charge is 0.167 e. The molecule has 1 aliphatic rings. The summed E-state index contributed by atoms with van der Waals surface area (Å²) in [4.78, 5) is 1.95. The van der Waals surface area contributed by atoms with Gasteiger partial charge in [0.1, 0.15) is 23.3 Å². The first-order valence-electron chi connectivity index (χ1n) is 9.57. The molecule has 2 aromatic carbocycles. The summed E-state index contributed by atoms with van der Waals surface area (Å²) in [5.74, 6) is 0.659. The van der Waals surface area contributed by atoms with E-state index in [1.165, 1.54) is 17.7 Å². The molecule has 5 heteroatoms. The quantitative estimate of drug-likeness (QED) is 0.728. The molecule has 0 bridgehead atoms. The summed E-state index contributed by atoms with van der Waals surface area (Å²) in [6.07, 6.45) is 0.152. The van der Waals surface area contributed by atoms with Gasteiger partial charge in [0, 0.05) is 19.5 Å². The lowest BCUT2D eigenvalue weighted by Gasteiger charge is -2.47. The molecule has 146 valence electrons. The van der Waals surface area contributed by atoms with Gasteiger partial charge < -0.3 is 20.1 Å². The van der Waals surface area contributed by atoms with E-state index < -0.39 is 17.9 Å². The molecule has 27 heavy (non-hydrogen) atoms. The number of benzene rings is 2. The fourth-order valence-electron chi connectivity index (χ4n) is 3.70. The largest absolute Gasteiger partial charge is 0.508 e. The summed E-state index contributed by atoms with van der Waals surface area (Å²) in [6.45, 7) is 5.46. The molecule has 0 radical (unpaired) electrons. The van der Waals surface area contributed by atoms with Gasteiger partial charge in [-0.3, -0.25) is 4.90 Å². The maximum absolute atomic E-state index is 11.5. The Bertz CT molecular complexity index is 731. The van der Waals surface area contributed by atoms with E-state index in [1.807, 2.05) is 36.1 Å². The SMILES string of the molecule is CCCN1CCC(O)(Cc2ccc(C)cc2)C(Oc2ccc(O)cc2)C1O. The van der Waals surface area contributed by atoms with Crippen molar-refractivity contribution in [3.05, 3.63) is 59.7 Å². The number of rotatable bonds is 6. The average Bonchev–Trinajstić information content (AvgIpc) is 2.65. The molecule has 5 nitrogen and oxygen atoms in total. The number of phenols is 1. The molecule has 1 saturated heterocycles. The fraction of sp³-hybridized carbons (Fsp3) is 0.455. The minimum absolute atomic E-state index is 0.147. The van der Waals surface area contributed by atoms with E-state index in [0.717, 1.165) is 18.5 Å². The second-order valence-corrected chi connectivity index (χ2v) is 7.50. The van der Waals surface area contributed by atoms with Gasteiger partial charge in [-0.2, -0.15) is 0 Å². The van der Waals surface area contributed by atoms with Crippen LogP contribution in [0, 0.1) is 6.92 Å². The lowest BCUT2D eigenvalue weighted by molar-refractivity contribution is -0.192. The number of hydrogen-bond acceptors (Lipinski definition) is 5. The van der Waals surface area contributed by atoms with Gasteiger partial charge in [0.05, 0.1) is 0 Å². The number of aliphatic hydroxyl groups excluding tert-OH is 1. The van der Waals surface area contributed by atoms with Crippen molar-refractivity contribution in [1.29, 1.82) is 0 Å². The molecule has 3 N–H and O–H groups in total. The molecule has 1 aliphatic heterocycles. The predicted molar refractivity (Wildman–Crippen MR) is 105 cm³/mol. The van der Waals surface area contributed by atoms with E-state index in [9.17, 15) is 15.3 Å². The first-order chi connectivity index (χ1) is 12.9. The summed E-state index contributed by atoms with van der Waals surface area (Å²) in [5, 5.41) is 31.9. The van der Waals surface area contributed by atoms with Crippen molar-refractivity contribution in [3.63, 3.8) is 0 Å². The fourth-order valence-corrected chi connectivity index (χ4v) is 3.70. The second kappa shape index (κ2) is 8.30. The number of hydrogen-bond donors (Lipinski definition) is 3. The Balaban J connectivity index is 1.86. The van der Waals surface area contributed by atoms with Crippen LogP contribution in [0.15, 0.2) is 48.5 Å². The topological polar surface area (TPSA) is 73.2 Å². The highest BCUT2D eigenvalue weighted by Crippen LogP contribution is 2.33. The normalized spacial score (nSPS) is 26.1. The van der Waals surface area contributed by atoms with E-state index in [2.05, 4.69) is 6.92 Å². The van der Waals surface area contributed by atoms with Crippen molar-refractivity contribution in [2.45, 2.75) is 51.0 Å². The van der Waals surface area contributed by atoms with Crippen LogP contribution in [0.3, 0.4) is 0 Å². The van der Waals surface area contributed by atoms with Crippen molar-refractivity contribution < 1.29 is 20.1 Å². The van der Waals surface area contributed by atoms with Crippen LogP contribution < -0.4 is 4.74 Å². The van der Waals surface area contributed by atoms with Gasteiger partial charge in [0.25, 0.3) is 0 Å². The minimum Gasteiger partial charge on any atom is -0.508 e. The molecule has 0 aliphatic carbocycles. The molecule has 2 aromatic rings. The van der Waals surface area contributed by atoms with Gasteiger partial charge in [0.15, 0.2) is 6.10 Å². The number of phenolic OH excluding ortho intramolecular Hbond substituents is 1. The zero-order valence-corrected chi connectivity index (χ0v) is 16.0. The van der Waals surface area contributed by atoms with Gasteiger partial charge in [0.2, 0.25) is 0 Å². The molecular formula is C22H29NO4. The van der Waals surface area contributed by atoms with Crippen LogP contribution in [0.2, 0.25) is 0 Å². The van der Waals surface area contributed by atoms with E-state index in [0.29, 0.717) is 25.1 Å². The molecule has 3 rings (SSSR count). The monoisotopic (exact) mass is 371 g/mol. The standard InChI is InChI=1S/C22H29NO4/c1-3-13-23-14-12-22(26,15-17-6-4-16(2)5-7-17)20(21(23)25)27-19-10-8-18(24)9-11-19/h4-11,20-21,24-26H,3,12-15H2,1-2H3. The molecule has 3 atom stereocenters. The van der Waals surface area contributed by atoms with Crippen molar-refractivity contribution in [2.24, 2.45) is 0 Å². The van der Waals surface area contributed by atoms with Crippen LogP contribution in [-0.2, 0) is 6.42 Å². The molecule has 0 saturated carbocycles. The van der Waals surface area contributed by atoms with E-state index >= 15 is 0 Å². The van der Waals surface area contributed by atoms with Crippen molar-refractivity contribution >= 4 is 0 Å². The Kier molecular flexibility index (Phi) is 6.05. The Morgan fingerprint density at radius 3 is 2.41 bits per heavy atom. The van der Waals surface area contributed by atoms with Crippen LogP contribution in [0.4, 0.5) is 0 Å². The lowest BCUT2D eigenvalue weighted by Crippen LogP contribution is -2.64. The number of piperidine rings is 1. The number of likely N-dealkylation sites (tertiary alicyclic amines) is 1. The summed E-state index contributed by atoms with van der Waals surface area (Å²) in [7, 11) is 0. The Morgan fingerprint density at radius 2 is 1.78 bits per heavy atom. The van der Waals surface area contributed by atoms with E-state index in [4.69, 9.17) is 4.74 Å². The zero-order chi connectivity index (χ0) is 19.4. The van der Waals surface area contributed by atoms with Crippen molar-refractivity contribution in [2.75, 3.05) is 13.1 Å². The highest BCUT2D eigenvalue weighted by molar-refractivity contribution is 5.31. The van der Waals surface area contributed by atoms with Crippen LogP contribution in [0.5, 0.6) is 11.5 Å². The first-order valence-corrected chi connectivity index (χ1v) is 9.57. The molecule has 0 spiro atoms. The Hall–Kier alpha value is -2.08. The Morgan fingerprint density at radius 1 is 1.11 bits per heavy atom. The molecule has 3 unspecified atom stereocenters. The summed E-state index contributed by atoms with van der Waals surface area (Å²) < 4.78 is 6.06. The third-order valence-corrected chi connectivity index (χ3v) is 5.25. The highest BCUT2D eigenvalue weighted by atomic mass is 16.5. The zero-order valence-electron chi connectivity index (χ0n) is 16.0. The number of ether oxygens (including phenoxy) is 1. The van der Waals surface area contributed by atoms with Crippen LogP contribution in [-0.4, -0.2) is 51.2 Å². The van der Waals surface area contributed by atoms with Gasteiger partial charge in [-0.05, 0) is 49.6 Å². The van der Waals surface area contributed by atoms with Gasteiger partial charge in [-0.25, -0.2) is 0 Å². The number of aliphatic hydroxyl groups is 2. The van der Waals surface area contributed by atoms with Crippen LogP contribution >= 0.6 is 0 Å². The molecule has 0 aromatic heterocycles. The summed E-state index contributed by atoms with van der Waals surface area (Å²) >= 11 is 0. The molecule has 0 amide bonds. The van der Waals surface area contributed by atoms with E-state index in [1.54, 1.807) is 12.1 Å². The number of aryl methyl sites for hydroxylation is 1. The van der Waals surface area contributed by atoms with Gasteiger partial charge in [-0.15, -0.1) is 0 Å². The number of aromatic hydroxyl groups is 1. The number of nitrogens with zero attached hydrogens (tertiary/aromatic N) is 1. The summed E-state index contributed by atoms with van der Waals surface area (Å²) in [6, 6.07) is 14.4. The third-order valence-electron chi connectivity index (χ3n) is 5.25. The lowest BCUT2D eigenvalue weighted by atomic mass is 9.81. The first kappa shape index (κ1) is 19.7. The molecule has 1 heterocycles. The maximum atomic E-state index is 11.5. The highest BCUT2D eigenvalue weighted by Gasteiger charge is 2.48. The minimum atomic E-state index is -1.18. The van der Waals surface area contributed by atoms with Gasteiger partial charge >= 0.3 is 0 Å². The van der Waals surface area contributed by atoms with Crippen molar-refractivity contribution in [3.8, 4) is 11.5 Å². The summed E-state index contributed by atoms with van der Waals surface area (Å²) in [5.41, 5.74) is 0.996.